The first-order valence-corrected chi connectivity index (χ1v) is 7.47. The number of nitrogens with one attached hydrogen (secondary N) is 1. The molecule has 3 rings (SSSR count). The minimum atomic E-state index is -0.440. The van der Waals surface area contributed by atoms with Crippen molar-refractivity contribution in [1.82, 2.24) is 9.97 Å². The normalized spacial score (nSPS) is 11.0. The highest BCUT2D eigenvalue weighted by Crippen LogP contribution is 2.24. The van der Waals surface area contributed by atoms with Crippen LogP contribution in [0.2, 0.25) is 0 Å². The van der Waals surface area contributed by atoms with Crippen LogP contribution in [0.25, 0.3) is 11.3 Å². The highest BCUT2D eigenvalue weighted by Gasteiger charge is 2.08. The van der Waals surface area contributed by atoms with E-state index in [0.29, 0.717) is 17.5 Å². The monoisotopic (exact) mass is 337 g/mol. The van der Waals surface area contributed by atoms with Gasteiger partial charge in [-0.25, -0.2) is 15.4 Å². The molecule has 0 saturated heterocycles. The summed E-state index contributed by atoms with van der Waals surface area (Å²) >= 11 is 0. The molecule has 2 heterocycles. The molecule has 8 nitrogen and oxygen atoms in total. The summed E-state index contributed by atoms with van der Waals surface area (Å²) in [7, 11) is 0. The van der Waals surface area contributed by atoms with Gasteiger partial charge in [0.25, 0.3) is 5.69 Å². The molecule has 0 bridgehead atoms. The molecular weight excluding hydrogens is 322 g/mol. The minimum Gasteiger partial charge on any atom is -0.455 e. The van der Waals surface area contributed by atoms with Crippen LogP contribution in [0.3, 0.4) is 0 Å². The van der Waals surface area contributed by atoms with Crippen LogP contribution in [0.5, 0.6) is 0 Å². The summed E-state index contributed by atoms with van der Waals surface area (Å²) in [5.41, 5.74) is 5.24. The van der Waals surface area contributed by atoms with Gasteiger partial charge in [0.2, 0.25) is 5.95 Å². The highest BCUT2D eigenvalue weighted by atomic mass is 16.6. The average Bonchev–Trinajstić information content (AvgIpc) is 3.03. The zero-order valence-electron chi connectivity index (χ0n) is 13.6. The van der Waals surface area contributed by atoms with Crippen LogP contribution in [-0.2, 0) is 0 Å². The maximum absolute atomic E-state index is 10.7. The lowest BCUT2D eigenvalue weighted by molar-refractivity contribution is -0.384. The van der Waals surface area contributed by atoms with Crippen molar-refractivity contribution in [3.05, 3.63) is 69.7 Å². The maximum Gasteiger partial charge on any atom is 0.269 e. The van der Waals surface area contributed by atoms with Crippen molar-refractivity contribution in [2.45, 2.75) is 13.8 Å². The molecule has 1 aromatic carbocycles. The van der Waals surface area contributed by atoms with Crippen molar-refractivity contribution < 1.29 is 9.34 Å². The predicted molar refractivity (Wildman–Crippen MR) is 93.5 cm³/mol. The van der Waals surface area contributed by atoms with Gasteiger partial charge in [-0.3, -0.25) is 10.1 Å². The van der Waals surface area contributed by atoms with E-state index in [1.807, 2.05) is 19.9 Å². The largest absolute Gasteiger partial charge is 0.455 e. The zero-order chi connectivity index (χ0) is 17.8. The maximum atomic E-state index is 10.7. The van der Waals surface area contributed by atoms with Gasteiger partial charge in [0.15, 0.2) is 0 Å². The van der Waals surface area contributed by atoms with E-state index in [-0.39, 0.29) is 5.69 Å². The number of hydrogen-bond donors (Lipinski definition) is 1. The Morgan fingerprint density at radius 3 is 2.44 bits per heavy atom. The van der Waals surface area contributed by atoms with Gasteiger partial charge < -0.3 is 4.42 Å². The molecule has 0 amide bonds. The van der Waals surface area contributed by atoms with Gasteiger partial charge in [-0.15, -0.1) is 0 Å². The fourth-order valence-corrected chi connectivity index (χ4v) is 2.25. The number of nitrogens with zero attached hydrogens (tertiary/aromatic N) is 4. The third-order valence-corrected chi connectivity index (χ3v) is 3.33. The molecule has 0 saturated carbocycles. The Hall–Kier alpha value is -3.55. The van der Waals surface area contributed by atoms with Crippen molar-refractivity contribution in [2.24, 2.45) is 5.10 Å². The lowest BCUT2D eigenvalue weighted by Gasteiger charge is -2.00. The van der Waals surface area contributed by atoms with Crippen molar-refractivity contribution in [3.63, 3.8) is 0 Å². The molecule has 25 heavy (non-hydrogen) atoms. The zero-order valence-corrected chi connectivity index (χ0v) is 13.6. The summed E-state index contributed by atoms with van der Waals surface area (Å²) < 4.78 is 5.66. The standard InChI is InChI=1S/C17H15N5O3/c1-11-9-12(2)20-17(19-11)21-18-10-15-7-8-16(25-15)13-3-5-14(6-4-13)22(23)24/h3-10H,1-2H3,(H,19,20,21)/b18-10-. The summed E-state index contributed by atoms with van der Waals surface area (Å²) in [5.74, 6) is 1.54. The number of furan rings is 1. The Kier molecular flexibility index (Phi) is 4.51. The molecule has 8 heteroatoms. The lowest BCUT2D eigenvalue weighted by atomic mass is 10.1. The minimum absolute atomic E-state index is 0.0368. The molecule has 0 fully saturated rings. The first-order chi connectivity index (χ1) is 12.0. The Balaban J connectivity index is 1.69. The van der Waals surface area contributed by atoms with E-state index in [1.54, 1.807) is 24.3 Å². The van der Waals surface area contributed by atoms with Crippen molar-refractivity contribution in [3.8, 4) is 11.3 Å². The topological polar surface area (TPSA) is 106 Å². The van der Waals surface area contributed by atoms with E-state index in [4.69, 9.17) is 4.42 Å². The molecule has 0 aliphatic rings. The van der Waals surface area contributed by atoms with Gasteiger partial charge in [-0.1, -0.05) is 0 Å². The quantitative estimate of drug-likeness (QED) is 0.432. The fraction of sp³-hybridized carbons (Fsp3) is 0.118. The molecule has 2 aromatic heterocycles. The fourth-order valence-electron chi connectivity index (χ4n) is 2.25. The Bertz CT molecular complexity index is 911. The van der Waals surface area contributed by atoms with E-state index in [2.05, 4.69) is 20.5 Å². The van der Waals surface area contributed by atoms with Crippen LogP contribution in [0.4, 0.5) is 11.6 Å². The summed E-state index contributed by atoms with van der Waals surface area (Å²) in [6.45, 7) is 3.76. The number of anilines is 1. The second-order valence-electron chi connectivity index (χ2n) is 5.35. The van der Waals surface area contributed by atoms with E-state index in [1.165, 1.54) is 18.3 Å². The third-order valence-electron chi connectivity index (χ3n) is 3.33. The number of non-ortho nitro benzene ring substituents is 1. The lowest BCUT2D eigenvalue weighted by Crippen LogP contribution is -1.99. The number of rotatable bonds is 5. The molecule has 1 N–H and O–H groups in total. The summed E-state index contributed by atoms with van der Waals surface area (Å²) in [6, 6.07) is 11.5. The molecule has 0 spiro atoms. The summed E-state index contributed by atoms with van der Waals surface area (Å²) in [6.07, 6.45) is 1.51. The number of hydrazone groups is 1. The van der Waals surface area contributed by atoms with Crippen molar-refractivity contribution in [1.29, 1.82) is 0 Å². The summed E-state index contributed by atoms with van der Waals surface area (Å²) in [5, 5.41) is 14.7. The van der Waals surface area contributed by atoms with Gasteiger partial charge >= 0.3 is 0 Å². The molecular formula is C17H15N5O3. The van der Waals surface area contributed by atoms with Gasteiger partial charge in [0.05, 0.1) is 11.1 Å². The summed E-state index contributed by atoms with van der Waals surface area (Å²) in [4.78, 5) is 18.7. The molecule has 126 valence electrons. The first kappa shape index (κ1) is 16.3. The van der Waals surface area contributed by atoms with Gasteiger partial charge in [0, 0.05) is 29.1 Å². The van der Waals surface area contributed by atoms with Crippen LogP contribution < -0.4 is 5.43 Å². The van der Waals surface area contributed by atoms with Crippen molar-refractivity contribution >= 4 is 17.9 Å². The molecule has 0 atom stereocenters. The number of nitro benzene ring substituents is 1. The van der Waals surface area contributed by atoms with Gasteiger partial charge in [-0.05, 0) is 44.2 Å². The van der Waals surface area contributed by atoms with Crippen molar-refractivity contribution in [2.75, 3.05) is 5.43 Å². The van der Waals surface area contributed by atoms with Crippen LogP contribution in [0, 0.1) is 24.0 Å². The Morgan fingerprint density at radius 1 is 1.12 bits per heavy atom. The third kappa shape index (κ3) is 4.05. The van der Waals surface area contributed by atoms with E-state index in [0.717, 1.165) is 17.0 Å². The van der Waals surface area contributed by atoms with Gasteiger partial charge in [-0.2, -0.15) is 5.10 Å². The smallest absolute Gasteiger partial charge is 0.269 e. The number of benzene rings is 1. The second-order valence-corrected chi connectivity index (χ2v) is 5.35. The van der Waals surface area contributed by atoms with Crippen LogP contribution in [-0.4, -0.2) is 21.1 Å². The SMILES string of the molecule is Cc1cc(C)nc(N/N=C\c2ccc(-c3ccc([N+](=O)[O-])cc3)o2)n1. The Morgan fingerprint density at radius 2 is 1.80 bits per heavy atom. The molecule has 0 aliphatic carbocycles. The second kappa shape index (κ2) is 6.91. The number of nitro groups is 1. The van der Waals surface area contributed by atoms with Gasteiger partial charge in [0.1, 0.15) is 11.5 Å². The molecule has 0 unspecified atom stereocenters. The van der Waals surface area contributed by atoms with E-state index in [9.17, 15) is 10.1 Å². The molecule has 3 aromatic rings. The predicted octanol–water partition coefficient (Wildman–Crippen LogP) is 3.71. The highest BCUT2D eigenvalue weighted by molar-refractivity contribution is 5.78. The number of aryl methyl sites for hydroxylation is 2. The van der Waals surface area contributed by atoms with E-state index < -0.39 is 4.92 Å². The number of hydrogen-bond acceptors (Lipinski definition) is 7. The average molecular weight is 337 g/mol. The van der Waals surface area contributed by atoms with Crippen LogP contribution in [0.1, 0.15) is 17.1 Å². The van der Waals surface area contributed by atoms with Crippen LogP contribution in [0.15, 0.2) is 52.0 Å². The van der Waals surface area contributed by atoms with E-state index >= 15 is 0 Å². The number of aromatic nitrogens is 2. The molecule has 0 radical (unpaired) electrons. The first-order valence-electron chi connectivity index (χ1n) is 7.47. The molecule has 0 aliphatic heterocycles. The Labute approximate surface area is 143 Å². The van der Waals surface area contributed by atoms with Crippen LogP contribution >= 0.6 is 0 Å².